The lowest BCUT2D eigenvalue weighted by molar-refractivity contribution is 0.132. The zero-order valence-corrected chi connectivity index (χ0v) is 18.7. The van der Waals surface area contributed by atoms with Crippen LogP contribution in [0, 0.1) is 6.92 Å². The number of ether oxygens (including phenoxy) is 1. The van der Waals surface area contributed by atoms with Crippen molar-refractivity contribution in [3.05, 3.63) is 46.5 Å². The lowest BCUT2D eigenvalue weighted by Gasteiger charge is -2.27. The number of nitrogens with one attached hydrogen (secondary N) is 4. The number of hydrogen-bond acceptors (Lipinski definition) is 10. The largest absolute Gasteiger partial charge is 0.506 e. The van der Waals surface area contributed by atoms with Gasteiger partial charge in [0.15, 0.2) is 0 Å². The molecule has 2 saturated heterocycles. The van der Waals surface area contributed by atoms with Crippen LogP contribution in [0.4, 0.5) is 0 Å². The molecule has 32 heavy (non-hydrogen) atoms. The quantitative estimate of drug-likeness (QED) is 0.338. The summed E-state index contributed by atoms with van der Waals surface area (Å²) in [5.41, 5.74) is 3.94. The van der Waals surface area contributed by atoms with Gasteiger partial charge >= 0.3 is 0 Å². The summed E-state index contributed by atoms with van der Waals surface area (Å²) in [5, 5.41) is 42.1. The van der Waals surface area contributed by atoms with Gasteiger partial charge in [0, 0.05) is 53.8 Å². The number of aryl methyl sites for hydroxylation is 1. The van der Waals surface area contributed by atoms with Crippen LogP contribution in [0.1, 0.15) is 53.6 Å². The van der Waals surface area contributed by atoms with Crippen molar-refractivity contribution in [2.45, 2.75) is 45.8 Å². The first kappa shape index (κ1) is 24.3. The van der Waals surface area contributed by atoms with Crippen LogP contribution in [0.3, 0.4) is 0 Å². The third-order valence-corrected chi connectivity index (χ3v) is 5.54. The van der Waals surface area contributed by atoms with E-state index in [0.717, 1.165) is 49.4 Å². The average Bonchev–Trinajstić information content (AvgIpc) is 3.34. The molecular weight excluding hydrogens is 412 g/mol. The molecule has 10 nitrogen and oxygen atoms in total. The monoisotopic (exact) mass is 446 g/mol. The van der Waals surface area contributed by atoms with Gasteiger partial charge in [0.25, 0.3) is 0 Å². The molecule has 176 valence electrons. The molecule has 0 saturated carbocycles. The Morgan fingerprint density at radius 1 is 0.938 bits per heavy atom. The van der Waals surface area contributed by atoms with E-state index in [1.54, 1.807) is 6.20 Å². The SMILES string of the molecule is CCOCc1cncc(O)c1C1NCCCN1.Cc1ncc(O)c(C2NCCN2)c1CO. The molecule has 7 N–H and O–H groups in total. The first-order chi connectivity index (χ1) is 15.6. The summed E-state index contributed by atoms with van der Waals surface area (Å²) in [6.45, 7) is 8.42. The third-order valence-electron chi connectivity index (χ3n) is 5.54. The highest BCUT2D eigenvalue weighted by Crippen LogP contribution is 2.29. The van der Waals surface area contributed by atoms with Crippen LogP contribution in [-0.2, 0) is 18.0 Å². The number of nitrogens with zero attached hydrogens (tertiary/aromatic N) is 2. The molecule has 0 amide bonds. The zero-order chi connectivity index (χ0) is 22.9. The van der Waals surface area contributed by atoms with E-state index in [9.17, 15) is 15.3 Å². The fourth-order valence-corrected chi connectivity index (χ4v) is 3.91. The van der Waals surface area contributed by atoms with E-state index in [-0.39, 0.29) is 30.4 Å². The number of hydrogen-bond donors (Lipinski definition) is 7. The number of aliphatic hydroxyl groups excluding tert-OH is 1. The first-order valence-electron chi connectivity index (χ1n) is 11.0. The molecular formula is C22H34N6O4. The van der Waals surface area contributed by atoms with Crippen LogP contribution in [0.15, 0.2) is 18.6 Å². The highest BCUT2D eigenvalue weighted by Gasteiger charge is 2.23. The van der Waals surface area contributed by atoms with Gasteiger partial charge in [0.2, 0.25) is 0 Å². The number of rotatable bonds is 6. The molecule has 0 aliphatic carbocycles. The van der Waals surface area contributed by atoms with E-state index >= 15 is 0 Å². The Balaban J connectivity index is 0.000000182. The van der Waals surface area contributed by atoms with Gasteiger partial charge in [0.1, 0.15) is 11.5 Å². The molecule has 0 unspecified atom stereocenters. The van der Waals surface area contributed by atoms with Crippen LogP contribution in [0.5, 0.6) is 11.5 Å². The minimum Gasteiger partial charge on any atom is -0.506 e. The highest BCUT2D eigenvalue weighted by molar-refractivity contribution is 5.42. The van der Waals surface area contributed by atoms with Crippen molar-refractivity contribution in [1.82, 2.24) is 31.2 Å². The van der Waals surface area contributed by atoms with Crippen molar-refractivity contribution < 1.29 is 20.1 Å². The lowest BCUT2D eigenvalue weighted by Crippen LogP contribution is -2.41. The highest BCUT2D eigenvalue weighted by atomic mass is 16.5. The predicted octanol–water partition coefficient (Wildman–Crippen LogP) is 0.685. The Morgan fingerprint density at radius 3 is 2.22 bits per heavy atom. The van der Waals surface area contributed by atoms with Crippen LogP contribution in [0.25, 0.3) is 0 Å². The molecule has 0 aromatic carbocycles. The van der Waals surface area contributed by atoms with Gasteiger partial charge < -0.3 is 20.1 Å². The van der Waals surface area contributed by atoms with E-state index in [4.69, 9.17) is 4.74 Å². The van der Waals surface area contributed by atoms with Crippen LogP contribution >= 0.6 is 0 Å². The maximum absolute atomic E-state index is 9.94. The first-order valence-corrected chi connectivity index (χ1v) is 11.0. The Labute approximate surface area is 188 Å². The summed E-state index contributed by atoms with van der Waals surface area (Å²) in [5.74, 6) is 0.339. The fraction of sp³-hybridized carbons (Fsp3) is 0.545. The smallest absolute Gasteiger partial charge is 0.140 e. The summed E-state index contributed by atoms with van der Waals surface area (Å²) >= 11 is 0. The van der Waals surface area contributed by atoms with Crippen molar-refractivity contribution >= 4 is 0 Å². The zero-order valence-electron chi connectivity index (χ0n) is 18.7. The Morgan fingerprint density at radius 2 is 1.56 bits per heavy atom. The molecule has 10 heteroatoms. The second-order valence-electron chi connectivity index (χ2n) is 7.68. The third kappa shape index (κ3) is 5.91. The minimum absolute atomic E-state index is 0.0118. The number of aromatic nitrogens is 2. The van der Waals surface area contributed by atoms with E-state index in [1.165, 1.54) is 12.4 Å². The molecule has 0 atom stereocenters. The second kappa shape index (κ2) is 12.0. The summed E-state index contributed by atoms with van der Waals surface area (Å²) in [6.07, 6.45) is 5.65. The Hall–Kier alpha value is -2.34. The topological polar surface area (TPSA) is 144 Å². The molecule has 0 radical (unpaired) electrons. The van der Waals surface area contributed by atoms with E-state index in [0.29, 0.717) is 24.3 Å². The average molecular weight is 447 g/mol. The van der Waals surface area contributed by atoms with Crippen LogP contribution in [0.2, 0.25) is 0 Å². The van der Waals surface area contributed by atoms with Crippen molar-refractivity contribution in [1.29, 1.82) is 0 Å². The maximum atomic E-state index is 9.94. The van der Waals surface area contributed by atoms with E-state index < -0.39 is 0 Å². The maximum Gasteiger partial charge on any atom is 0.140 e. The van der Waals surface area contributed by atoms with Crippen molar-refractivity contribution in [3.8, 4) is 11.5 Å². The molecule has 0 bridgehead atoms. The molecule has 2 aromatic heterocycles. The van der Waals surface area contributed by atoms with Gasteiger partial charge in [-0.15, -0.1) is 0 Å². The summed E-state index contributed by atoms with van der Waals surface area (Å²) in [4.78, 5) is 8.02. The van der Waals surface area contributed by atoms with Crippen LogP contribution in [-0.4, -0.2) is 58.1 Å². The van der Waals surface area contributed by atoms with E-state index in [1.807, 2.05) is 13.8 Å². The Bertz CT molecular complexity index is 870. The van der Waals surface area contributed by atoms with Crippen molar-refractivity contribution in [2.75, 3.05) is 32.8 Å². The van der Waals surface area contributed by atoms with Gasteiger partial charge in [0.05, 0.1) is 37.9 Å². The standard InChI is InChI=1S/C12H19N3O2.C10H15N3O2/c1-2-17-8-9-6-13-7-10(16)11(9)12-14-4-3-5-15-12;1-6-7(5-14)9(8(15)4-13-6)10-11-2-3-12-10/h6-7,12,14-16H,2-5,8H2,1H3;4,10-12,14-15H,2-3,5H2,1H3. The van der Waals surface area contributed by atoms with Gasteiger partial charge in [-0.25, -0.2) is 0 Å². The second-order valence-corrected chi connectivity index (χ2v) is 7.68. The van der Waals surface area contributed by atoms with Gasteiger partial charge in [-0.05, 0) is 33.4 Å². The van der Waals surface area contributed by atoms with E-state index in [2.05, 4.69) is 31.2 Å². The van der Waals surface area contributed by atoms with Crippen molar-refractivity contribution in [2.24, 2.45) is 0 Å². The molecule has 4 heterocycles. The number of aromatic hydroxyl groups is 2. The summed E-state index contributed by atoms with van der Waals surface area (Å²) < 4.78 is 5.40. The van der Waals surface area contributed by atoms with Crippen LogP contribution < -0.4 is 21.3 Å². The lowest BCUT2D eigenvalue weighted by atomic mass is 10.0. The number of pyridine rings is 2. The van der Waals surface area contributed by atoms with Gasteiger partial charge in [-0.2, -0.15) is 0 Å². The molecule has 2 fully saturated rings. The molecule has 4 rings (SSSR count). The van der Waals surface area contributed by atoms with Crippen molar-refractivity contribution in [3.63, 3.8) is 0 Å². The Kier molecular flexibility index (Phi) is 9.15. The van der Waals surface area contributed by atoms with Gasteiger partial charge in [-0.3, -0.25) is 31.2 Å². The summed E-state index contributed by atoms with van der Waals surface area (Å²) in [6, 6.07) is 0. The fourth-order valence-electron chi connectivity index (χ4n) is 3.91. The number of aliphatic hydroxyl groups is 1. The molecule has 2 aliphatic heterocycles. The normalized spacial score (nSPS) is 17.2. The molecule has 2 aliphatic rings. The molecule has 2 aromatic rings. The van der Waals surface area contributed by atoms with Gasteiger partial charge in [-0.1, -0.05) is 0 Å². The summed E-state index contributed by atoms with van der Waals surface area (Å²) in [7, 11) is 0. The minimum atomic E-state index is -0.109. The molecule has 0 spiro atoms. The predicted molar refractivity (Wildman–Crippen MR) is 120 cm³/mol.